The predicted molar refractivity (Wildman–Crippen MR) is 86.5 cm³/mol. The summed E-state index contributed by atoms with van der Waals surface area (Å²) in [7, 11) is 1.65. The van der Waals surface area contributed by atoms with Crippen molar-refractivity contribution in [1.82, 2.24) is 4.90 Å². The van der Waals surface area contributed by atoms with Crippen LogP contribution in [-0.4, -0.2) is 18.6 Å². The SMILES string of the molecule is COc1ccc([C@H]2CCCN2Cc2cc(C#N)ccc2F)cc1. The van der Waals surface area contributed by atoms with E-state index in [-0.39, 0.29) is 11.9 Å². The Morgan fingerprint density at radius 3 is 2.74 bits per heavy atom. The summed E-state index contributed by atoms with van der Waals surface area (Å²) in [5.41, 5.74) is 2.31. The van der Waals surface area contributed by atoms with Gasteiger partial charge in [-0.3, -0.25) is 4.90 Å². The van der Waals surface area contributed by atoms with E-state index >= 15 is 0 Å². The Balaban J connectivity index is 1.80. The summed E-state index contributed by atoms with van der Waals surface area (Å²) < 4.78 is 19.2. The van der Waals surface area contributed by atoms with Crippen LogP contribution in [0.4, 0.5) is 4.39 Å². The lowest BCUT2D eigenvalue weighted by molar-refractivity contribution is 0.245. The predicted octanol–water partition coefficient (Wildman–Crippen LogP) is 4.04. The first kappa shape index (κ1) is 15.5. The first-order chi connectivity index (χ1) is 11.2. The smallest absolute Gasteiger partial charge is 0.127 e. The molecule has 0 aliphatic carbocycles. The van der Waals surface area contributed by atoms with Gasteiger partial charge in [0.2, 0.25) is 0 Å². The standard InChI is InChI=1S/C19H19FN2O/c1-23-17-7-5-15(6-8-17)19-3-2-10-22(19)13-16-11-14(12-21)4-9-18(16)20/h4-9,11,19H,2-3,10,13H2,1H3/t19-/m1/s1. The summed E-state index contributed by atoms with van der Waals surface area (Å²) in [4.78, 5) is 2.28. The molecule has 23 heavy (non-hydrogen) atoms. The van der Waals surface area contributed by atoms with Gasteiger partial charge in [0, 0.05) is 18.2 Å². The van der Waals surface area contributed by atoms with Gasteiger partial charge in [-0.15, -0.1) is 0 Å². The lowest BCUT2D eigenvalue weighted by Crippen LogP contribution is -2.23. The summed E-state index contributed by atoms with van der Waals surface area (Å²) in [5.74, 6) is 0.593. The molecule has 1 heterocycles. The third-order valence-corrected chi connectivity index (χ3v) is 4.41. The van der Waals surface area contributed by atoms with Crippen molar-refractivity contribution in [2.24, 2.45) is 0 Å². The minimum absolute atomic E-state index is 0.246. The van der Waals surface area contributed by atoms with Crippen LogP contribution in [0.25, 0.3) is 0 Å². The summed E-state index contributed by atoms with van der Waals surface area (Å²) in [6, 6.07) is 15.0. The van der Waals surface area contributed by atoms with Crippen LogP contribution < -0.4 is 4.74 Å². The van der Waals surface area contributed by atoms with Crippen LogP contribution in [-0.2, 0) is 6.54 Å². The number of hydrogen-bond acceptors (Lipinski definition) is 3. The van der Waals surface area contributed by atoms with Crippen LogP contribution in [0.5, 0.6) is 5.75 Å². The molecule has 118 valence electrons. The number of hydrogen-bond donors (Lipinski definition) is 0. The summed E-state index contributed by atoms with van der Waals surface area (Å²) >= 11 is 0. The number of nitriles is 1. The van der Waals surface area contributed by atoms with Crippen molar-refractivity contribution in [3.63, 3.8) is 0 Å². The first-order valence-corrected chi connectivity index (χ1v) is 7.78. The normalized spacial score (nSPS) is 17.9. The van der Waals surface area contributed by atoms with Crippen LogP contribution in [0.1, 0.15) is 35.6 Å². The molecule has 0 unspecified atom stereocenters. The molecule has 0 spiro atoms. The van der Waals surface area contributed by atoms with E-state index in [2.05, 4.69) is 23.1 Å². The van der Waals surface area contributed by atoms with Crippen molar-refractivity contribution >= 4 is 0 Å². The lowest BCUT2D eigenvalue weighted by atomic mass is 10.0. The molecule has 0 aromatic heterocycles. The van der Waals surface area contributed by atoms with E-state index in [1.165, 1.54) is 17.7 Å². The van der Waals surface area contributed by atoms with Crippen molar-refractivity contribution in [3.8, 4) is 11.8 Å². The van der Waals surface area contributed by atoms with Crippen LogP contribution in [0, 0.1) is 17.1 Å². The number of nitrogens with zero attached hydrogens (tertiary/aromatic N) is 2. The second-order valence-electron chi connectivity index (χ2n) is 5.82. The Kier molecular flexibility index (Phi) is 4.59. The molecule has 0 N–H and O–H groups in total. The molecule has 2 aromatic carbocycles. The second-order valence-corrected chi connectivity index (χ2v) is 5.82. The number of benzene rings is 2. The van der Waals surface area contributed by atoms with Crippen molar-refractivity contribution in [1.29, 1.82) is 5.26 Å². The Labute approximate surface area is 135 Å². The van der Waals surface area contributed by atoms with E-state index in [9.17, 15) is 4.39 Å². The second kappa shape index (κ2) is 6.80. The molecule has 1 aliphatic rings. The highest BCUT2D eigenvalue weighted by Gasteiger charge is 2.26. The number of ether oxygens (including phenoxy) is 1. The molecule has 1 saturated heterocycles. The molecule has 4 heteroatoms. The fourth-order valence-electron chi connectivity index (χ4n) is 3.20. The average Bonchev–Trinajstić information content (AvgIpc) is 3.05. The van der Waals surface area contributed by atoms with E-state index in [0.29, 0.717) is 17.7 Å². The van der Waals surface area contributed by atoms with Gasteiger partial charge in [0.25, 0.3) is 0 Å². The molecular weight excluding hydrogens is 291 g/mol. The topological polar surface area (TPSA) is 36.3 Å². The van der Waals surface area contributed by atoms with Crippen molar-refractivity contribution in [2.45, 2.75) is 25.4 Å². The molecule has 1 fully saturated rings. The van der Waals surface area contributed by atoms with E-state index in [4.69, 9.17) is 10.00 Å². The molecule has 3 nitrogen and oxygen atoms in total. The maximum Gasteiger partial charge on any atom is 0.127 e. The summed E-state index contributed by atoms with van der Waals surface area (Å²) in [5, 5.41) is 9.00. The van der Waals surface area contributed by atoms with Crippen LogP contribution in [0.3, 0.4) is 0 Å². The van der Waals surface area contributed by atoms with Gasteiger partial charge in [-0.1, -0.05) is 12.1 Å². The number of methoxy groups -OCH3 is 1. The highest BCUT2D eigenvalue weighted by molar-refractivity contribution is 5.34. The molecule has 0 saturated carbocycles. The van der Waals surface area contributed by atoms with Gasteiger partial charge in [-0.05, 0) is 55.3 Å². The van der Waals surface area contributed by atoms with Crippen molar-refractivity contribution < 1.29 is 9.13 Å². The van der Waals surface area contributed by atoms with Crippen LogP contribution >= 0.6 is 0 Å². The lowest BCUT2D eigenvalue weighted by Gasteiger charge is -2.25. The Bertz CT molecular complexity index is 721. The van der Waals surface area contributed by atoms with Crippen molar-refractivity contribution in [3.05, 3.63) is 65.0 Å². The number of rotatable bonds is 4. The van der Waals surface area contributed by atoms with Gasteiger partial charge in [-0.2, -0.15) is 5.26 Å². The quantitative estimate of drug-likeness (QED) is 0.855. The maximum absolute atomic E-state index is 14.0. The fourth-order valence-corrected chi connectivity index (χ4v) is 3.20. The third-order valence-electron chi connectivity index (χ3n) is 4.41. The maximum atomic E-state index is 14.0. The highest BCUT2D eigenvalue weighted by Crippen LogP contribution is 2.34. The highest BCUT2D eigenvalue weighted by atomic mass is 19.1. The zero-order valence-corrected chi connectivity index (χ0v) is 13.1. The van der Waals surface area contributed by atoms with E-state index in [1.54, 1.807) is 13.2 Å². The van der Waals surface area contributed by atoms with Gasteiger partial charge < -0.3 is 4.74 Å². The largest absolute Gasteiger partial charge is 0.497 e. The number of likely N-dealkylation sites (tertiary alicyclic amines) is 1. The Morgan fingerprint density at radius 1 is 1.26 bits per heavy atom. The van der Waals surface area contributed by atoms with Crippen molar-refractivity contribution in [2.75, 3.05) is 13.7 Å². The summed E-state index contributed by atoms with van der Waals surface area (Å²) in [6.07, 6.45) is 2.15. The van der Waals surface area contributed by atoms with E-state index in [0.717, 1.165) is 25.1 Å². The van der Waals surface area contributed by atoms with E-state index < -0.39 is 0 Å². The number of halogens is 1. The van der Waals surface area contributed by atoms with E-state index in [1.807, 2.05) is 12.1 Å². The van der Waals surface area contributed by atoms with Gasteiger partial charge in [0.15, 0.2) is 0 Å². The molecule has 0 amide bonds. The van der Waals surface area contributed by atoms with Gasteiger partial charge in [-0.25, -0.2) is 4.39 Å². The molecular formula is C19H19FN2O. The van der Waals surface area contributed by atoms with Gasteiger partial charge in [0.1, 0.15) is 11.6 Å². The minimum Gasteiger partial charge on any atom is -0.497 e. The zero-order valence-electron chi connectivity index (χ0n) is 13.1. The third kappa shape index (κ3) is 3.35. The van der Waals surface area contributed by atoms with Crippen LogP contribution in [0.15, 0.2) is 42.5 Å². The van der Waals surface area contributed by atoms with Gasteiger partial charge in [0.05, 0.1) is 18.7 Å². The molecule has 1 atom stereocenters. The molecule has 3 rings (SSSR count). The molecule has 1 aliphatic heterocycles. The average molecular weight is 310 g/mol. The molecule has 2 aromatic rings. The Morgan fingerprint density at radius 2 is 2.04 bits per heavy atom. The zero-order chi connectivity index (χ0) is 16.2. The molecule has 0 bridgehead atoms. The van der Waals surface area contributed by atoms with Gasteiger partial charge >= 0.3 is 0 Å². The first-order valence-electron chi connectivity index (χ1n) is 7.78. The Hall–Kier alpha value is -2.38. The minimum atomic E-state index is -0.246. The fraction of sp³-hybridized carbons (Fsp3) is 0.316. The molecule has 0 radical (unpaired) electrons. The monoisotopic (exact) mass is 310 g/mol. The summed E-state index contributed by atoms with van der Waals surface area (Å²) in [6.45, 7) is 1.46. The van der Waals surface area contributed by atoms with Crippen LogP contribution in [0.2, 0.25) is 0 Å².